The first-order valence-electron chi connectivity index (χ1n) is 8.97. The van der Waals surface area contributed by atoms with Crippen LogP contribution in [0.25, 0.3) is 5.69 Å². The minimum atomic E-state index is -4.54. The van der Waals surface area contributed by atoms with Gasteiger partial charge in [-0.15, -0.1) is 26.8 Å². The van der Waals surface area contributed by atoms with Gasteiger partial charge in [0.1, 0.15) is 6.54 Å². The van der Waals surface area contributed by atoms with Crippen molar-refractivity contribution in [1.82, 2.24) is 25.5 Å². The zero-order valence-corrected chi connectivity index (χ0v) is 16.8. The summed E-state index contributed by atoms with van der Waals surface area (Å²) in [7, 11) is 0. The van der Waals surface area contributed by atoms with Gasteiger partial charge in [-0.2, -0.15) is 13.2 Å². The molecule has 0 fully saturated rings. The fourth-order valence-corrected chi connectivity index (χ4v) is 3.17. The van der Waals surface area contributed by atoms with Crippen LogP contribution in [0.4, 0.5) is 18.9 Å². The van der Waals surface area contributed by atoms with Crippen LogP contribution in [0.5, 0.6) is 0 Å². The van der Waals surface area contributed by atoms with Gasteiger partial charge >= 0.3 is 6.18 Å². The molecule has 2 amide bonds. The first-order valence-corrected chi connectivity index (χ1v) is 10.1. The fourth-order valence-electron chi connectivity index (χ4n) is 2.39. The Morgan fingerprint density at radius 3 is 2.42 bits per heavy atom. The topological polar surface area (TPSA) is 102 Å². The maximum atomic E-state index is 12.2. The minimum Gasteiger partial charge on any atom is -0.340 e. The van der Waals surface area contributed by atoms with Gasteiger partial charge in [-0.25, -0.2) is 0 Å². The van der Waals surface area contributed by atoms with Crippen molar-refractivity contribution in [1.29, 1.82) is 0 Å². The molecule has 0 bridgehead atoms. The Bertz CT molecular complexity index is 1030. The molecular weight excluding hydrogens is 433 g/mol. The van der Waals surface area contributed by atoms with Gasteiger partial charge in [-0.1, -0.05) is 30.3 Å². The number of nitrogens with zero attached hydrogens (tertiary/aromatic N) is 4. The van der Waals surface area contributed by atoms with E-state index in [0.717, 1.165) is 16.1 Å². The molecule has 8 nitrogen and oxygen atoms in total. The van der Waals surface area contributed by atoms with Gasteiger partial charge in [-0.05, 0) is 35.0 Å². The van der Waals surface area contributed by atoms with E-state index in [1.54, 1.807) is 29.6 Å². The maximum absolute atomic E-state index is 12.2. The molecule has 0 saturated heterocycles. The predicted molar refractivity (Wildman–Crippen MR) is 109 cm³/mol. The molecule has 162 valence electrons. The molecule has 0 atom stereocenters. The molecule has 12 heteroatoms. The second-order valence-corrected chi connectivity index (χ2v) is 7.26. The zero-order chi connectivity index (χ0) is 22.3. The SMILES string of the molecule is O=C(CSCc1ccccc1)Nc1ccc(-n2nnc(C(=O)NCC(F)(F)F)n2)cc1. The van der Waals surface area contributed by atoms with Gasteiger partial charge in [0.15, 0.2) is 0 Å². The summed E-state index contributed by atoms with van der Waals surface area (Å²) in [6, 6.07) is 16.2. The Morgan fingerprint density at radius 1 is 1.03 bits per heavy atom. The largest absolute Gasteiger partial charge is 0.405 e. The van der Waals surface area contributed by atoms with Crippen molar-refractivity contribution >= 4 is 29.3 Å². The number of hydrogen-bond donors (Lipinski definition) is 2. The quantitative estimate of drug-likeness (QED) is 0.547. The van der Waals surface area contributed by atoms with Crippen LogP contribution >= 0.6 is 11.8 Å². The van der Waals surface area contributed by atoms with Crippen LogP contribution in [0.2, 0.25) is 0 Å². The van der Waals surface area contributed by atoms with Crippen LogP contribution in [-0.2, 0) is 10.5 Å². The highest BCUT2D eigenvalue weighted by Crippen LogP contribution is 2.15. The van der Waals surface area contributed by atoms with E-state index in [2.05, 4.69) is 20.7 Å². The first kappa shape index (κ1) is 22.3. The molecule has 0 aliphatic carbocycles. The van der Waals surface area contributed by atoms with Crippen molar-refractivity contribution in [3.63, 3.8) is 0 Å². The van der Waals surface area contributed by atoms with Crippen molar-refractivity contribution in [3.05, 3.63) is 66.0 Å². The monoisotopic (exact) mass is 450 g/mol. The van der Waals surface area contributed by atoms with Crippen molar-refractivity contribution in [2.24, 2.45) is 0 Å². The molecule has 0 saturated carbocycles. The predicted octanol–water partition coefficient (Wildman–Crippen LogP) is 2.83. The third-order valence-corrected chi connectivity index (χ3v) is 4.80. The lowest BCUT2D eigenvalue weighted by Crippen LogP contribution is -2.34. The smallest absolute Gasteiger partial charge is 0.340 e. The number of nitrogens with one attached hydrogen (secondary N) is 2. The molecule has 0 spiro atoms. The second kappa shape index (κ2) is 10.1. The Labute approximate surface area is 179 Å². The molecule has 0 aliphatic rings. The Morgan fingerprint density at radius 2 is 1.74 bits per heavy atom. The number of amides is 2. The lowest BCUT2D eigenvalue weighted by Gasteiger charge is -2.06. The van der Waals surface area contributed by atoms with Crippen LogP contribution in [0.1, 0.15) is 16.2 Å². The molecule has 1 heterocycles. The number of carbonyl (C=O) groups is 2. The summed E-state index contributed by atoms with van der Waals surface area (Å²) in [6.07, 6.45) is -4.54. The number of tetrazole rings is 1. The van der Waals surface area contributed by atoms with Gasteiger partial charge in [0.25, 0.3) is 11.7 Å². The molecular formula is C19H17F3N6O2S. The van der Waals surface area contributed by atoms with Crippen molar-refractivity contribution in [2.45, 2.75) is 11.9 Å². The standard InChI is InChI=1S/C19H17F3N6O2S/c20-19(21,22)12-23-18(30)17-25-27-28(26-17)15-8-6-14(7-9-15)24-16(29)11-31-10-13-4-2-1-3-5-13/h1-9H,10-12H2,(H,23,30)(H,24,29). The van der Waals surface area contributed by atoms with Crippen molar-refractivity contribution < 1.29 is 22.8 Å². The van der Waals surface area contributed by atoms with Crippen LogP contribution in [0.3, 0.4) is 0 Å². The maximum Gasteiger partial charge on any atom is 0.405 e. The van der Waals surface area contributed by atoms with E-state index >= 15 is 0 Å². The summed E-state index contributed by atoms with van der Waals surface area (Å²) < 4.78 is 36.5. The number of anilines is 1. The fraction of sp³-hybridized carbons (Fsp3) is 0.211. The highest BCUT2D eigenvalue weighted by atomic mass is 32.2. The van der Waals surface area contributed by atoms with Crippen molar-refractivity contribution in [2.75, 3.05) is 17.6 Å². The molecule has 1 aromatic heterocycles. The number of aromatic nitrogens is 4. The molecule has 0 unspecified atom stereocenters. The third-order valence-electron chi connectivity index (χ3n) is 3.79. The summed E-state index contributed by atoms with van der Waals surface area (Å²) in [4.78, 5) is 24.7. The van der Waals surface area contributed by atoms with E-state index in [4.69, 9.17) is 0 Å². The van der Waals surface area contributed by atoms with Crippen LogP contribution in [0, 0.1) is 0 Å². The molecule has 3 aromatic rings. The average Bonchev–Trinajstić information content (AvgIpc) is 3.23. The molecule has 0 radical (unpaired) electrons. The van der Waals surface area contributed by atoms with Gasteiger partial charge < -0.3 is 10.6 Å². The number of rotatable bonds is 8. The number of alkyl halides is 3. The molecule has 2 aromatic carbocycles. The van der Waals surface area contributed by atoms with E-state index < -0.39 is 24.5 Å². The third kappa shape index (κ3) is 7.10. The van der Waals surface area contributed by atoms with Crippen molar-refractivity contribution in [3.8, 4) is 5.69 Å². The summed E-state index contributed by atoms with van der Waals surface area (Å²) in [5.74, 6) is -0.712. The minimum absolute atomic E-state index is 0.156. The second-order valence-electron chi connectivity index (χ2n) is 6.27. The molecule has 31 heavy (non-hydrogen) atoms. The number of hydrogen-bond acceptors (Lipinski definition) is 6. The molecule has 0 aliphatic heterocycles. The van der Waals surface area contributed by atoms with Crippen LogP contribution < -0.4 is 10.6 Å². The number of carbonyl (C=O) groups excluding carboxylic acids is 2. The van der Waals surface area contributed by atoms with E-state index in [1.165, 1.54) is 11.8 Å². The Hall–Kier alpha value is -3.41. The molecule has 2 N–H and O–H groups in total. The lowest BCUT2D eigenvalue weighted by atomic mass is 10.2. The lowest BCUT2D eigenvalue weighted by molar-refractivity contribution is -0.123. The number of benzene rings is 2. The van der Waals surface area contributed by atoms with Gasteiger partial charge in [-0.3, -0.25) is 9.59 Å². The van der Waals surface area contributed by atoms with Gasteiger partial charge in [0.2, 0.25) is 5.91 Å². The summed E-state index contributed by atoms with van der Waals surface area (Å²) in [6.45, 7) is -1.49. The number of thioether (sulfide) groups is 1. The van der Waals surface area contributed by atoms with E-state index in [9.17, 15) is 22.8 Å². The first-order chi connectivity index (χ1) is 14.8. The zero-order valence-electron chi connectivity index (χ0n) is 16.0. The summed E-state index contributed by atoms with van der Waals surface area (Å²) >= 11 is 1.49. The van der Waals surface area contributed by atoms with E-state index in [0.29, 0.717) is 11.4 Å². The highest BCUT2D eigenvalue weighted by molar-refractivity contribution is 7.99. The van der Waals surface area contributed by atoms with Gasteiger partial charge in [0.05, 0.1) is 11.4 Å². The van der Waals surface area contributed by atoms with Crippen LogP contribution in [0.15, 0.2) is 54.6 Å². The van der Waals surface area contributed by atoms with Gasteiger partial charge in [0, 0.05) is 11.4 Å². The van der Waals surface area contributed by atoms with E-state index in [-0.39, 0.29) is 11.7 Å². The van der Waals surface area contributed by atoms with E-state index in [1.807, 2.05) is 30.3 Å². The summed E-state index contributed by atoms with van der Waals surface area (Å²) in [5.41, 5.74) is 2.10. The summed E-state index contributed by atoms with van der Waals surface area (Å²) in [5, 5.41) is 15.3. The number of halogens is 3. The van der Waals surface area contributed by atoms with Crippen LogP contribution in [-0.4, -0.2) is 50.5 Å². The Kier molecular flexibility index (Phi) is 7.23. The highest BCUT2D eigenvalue weighted by Gasteiger charge is 2.28. The average molecular weight is 450 g/mol. The normalized spacial score (nSPS) is 11.2. The molecule has 3 rings (SSSR count). The Balaban J connectivity index is 1.50.